The molecule has 0 amide bonds. The van der Waals surface area contributed by atoms with E-state index in [1.165, 1.54) is 154 Å². The zero-order valence-electron chi connectivity index (χ0n) is 58.8. The first-order chi connectivity index (χ1) is 43.1. The van der Waals surface area contributed by atoms with Gasteiger partial charge in [-0.05, 0) is 49.4 Å². The second kappa shape index (κ2) is 60.7. The molecule has 19 heteroatoms. The lowest BCUT2D eigenvalue weighted by Gasteiger charge is -2.21. The summed E-state index contributed by atoms with van der Waals surface area (Å²) in [5.74, 6) is 0.889. The normalized spacial score (nSPS) is 14.6. The first-order valence-corrected chi connectivity index (χ1v) is 39.7. The molecule has 6 atom stereocenters. The average Bonchev–Trinajstić information content (AvgIpc) is 3.69. The lowest BCUT2D eigenvalue weighted by Crippen LogP contribution is -2.30. The Balaban J connectivity index is 5.27. The molecule has 0 aromatic rings. The van der Waals surface area contributed by atoms with Crippen LogP contribution in [0.25, 0.3) is 0 Å². The molecule has 0 spiro atoms. The summed E-state index contributed by atoms with van der Waals surface area (Å²) in [6.45, 7) is 14.1. The van der Waals surface area contributed by atoms with Crippen molar-refractivity contribution in [2.24, 2.45) is 23.7 Å². The van der Waals surface area contributed by atoms with Gasteiger partial charge < -0.3 is 33.8 Å². The maximum Gasteiger partial charge on any atom is 0.472 e. The molecule has 3 N–H and O–H groups in total. The standard InChI is InChI=1S/C71H138O17P2/c1-9-64(8)50-42-34-26-16-13-14-18-29-37-45-53-70(75)87-66(57-81-68(73)51-43-35-27-17-12-10-11-15-23-31-39-47-61(2)3)59-85-89(77,78)83-55-65(72)56-84-90(79,80)86-60-67(88-71(76)54-46-38-30-22-20-25-33-41-49-63(6)7)58-82-69(74)52-44-36-28-21-19-24-32-40-48-62(4)5/h61-67,72H,9-60H2,1-8H3,(H,77,78)(H,79,80)/t64?,65?,66-,67-/m1/s1. The fourth-order valence-electron chi connectivity index (χ4n) is 10.6. The zero-order chi connectivity index (χ0) is 66.8. The average molecular weight is 1330 g/mol. The summed E-state index contributed by atoms with van der Waals surface area (Å²) in [5, 5.41) is 10.6. The van der Waals surface area contributed by atoms with Crippen molar-refractivity contribution >= 4 is 39.5 Å². The highest BCUT2D eigenvalue weighted by Crippen LogP contribution is 2.45. The molecule has 0 rings (SSSR count). The van der Waals surface area contributed by atoms with Crippen molar-refractivity contribution in [2.45, 2.75) is 369 Å². The Morgan fingerprint density at radius 2 is 0.533 bits per heavy atom. The van der Waals surface area contributed by atoms with Gasteiger partial charge in [0.05, 0.1) is 26.4 Å². The number of ether oxygens (including phenoxy) is 4. The third kappa shape index (κ3) is 63.5. The molecule has 0 heterocycles. The van der Waals surface area contributed by atoms with E-state index in [0.29, 0.717) is 25.7 Å². The van der Waals surface area contributed by atoms with Crippen molar-refractivity contribution < 1.29 is 80.2 Å². The van der Waals surface area contributed by atoms with Gasteiger partial charge in [-0.1, -0.05) is 299 Å². The van der Waals surface area contributed by atoms with Crippen molar-refractivity contribution in [1.29, 1.82) is 0 Å². The number of phosphoric ester groups is 2. The smallest absolute Gasteiger partial charge is 0.462 e. The Labute approximate surface area is 549 Å². The van der Waals surface area contributed by atoms with E-state index in [2.05, 4.69) is 55.4 Å². The van der Waals surface area contributed by atoms with E-state index < -0.39 is 97.5 Å². The predicted octanol–water partition coefficient (Wildman–Crippen LogP) is 20.1. The number of hydrogen-bond acceptors (Lipinski definition) is 15. The highest BCUT2D eigenvalue weighted by molar-refractivity contribution is 7.47. The van der Waals surface area contributed by atoms with Gasteiger partial charge in [-0.25, -0.2) is 9.13 Å². The van der Waals surface area contributed by atoms with Crippen molar-refractivity contribution in [3.63, 3.8) is 0 Å². The number of rotatable bonds is 68. The Morgan fingerprint density at radius 3 is 0.789 bits per heavy atom. The second-order valence-corrected chi connectivity index (χ2v) is 30.2. The third-order valence-corrected chi connectivity index (χ3v) is 18.6. The van der Waals surface area contributed by atoms with E-state index in [9.17, 15) is 43.2 Å². The first kappa shape index (κ1) is 88.1. The fourth-order valence-corrected chi connectivity index (χ4v) is 12.2. The monoisotopic (exact) mass is 1320 g/mol. The van der Waals surface area contributed by atoms with Crippen LogP contribution in [-0.2, 0) is 65.4 Å². The van der Waals surface area contributed by atoms with Crippen LogP contribution in [0.2, 0.25) is 0 Å². The van der Waals surface area contributed by atoms with Crippen LogP contribution in [0.15, 0.2) is 0 Å². The summed E-state index contributed by atoms with van der Waals surface area (Å²) < 4.78 is 68.3. The molecule has 0 radical (unpaired) electrons. The van der Waals surface area contributed by atoms with Crippen LogP contribution in [-0.4, -0.2) is 96.7 Å². The molecule has 534 valence electrons. The quantitative estimate of drug-likeness (QED) is 0.0222. The highest BCUT2D eigenvalue weighted by atomic mass is 31.2. The molecular formula is C71H138O17P2. The van der Waals surface area contributed by atoms with Crippen LogP contribution < -0.4 is 0 Å². The minimum Gasteiger partial charge on any atom is -0.462 e. The van der Waals surface area contributed by atoms with E-state index in [-0.39, 0.29) is 25.7 Å². The SMILES string of the molecule is CCC(C)CCCCCCCCCCCCC(=O)O[C@H](COC(=O)CCCCCCCCCCCCCC(C)C)COP(=O)(O)OCC(O)COP(=O)(O)OC[C@@H](COC(=O)CCCCCCCCCCC(C)C)OC(=O)CCCCCCCCCCC(C)C. The van der Waals surface area contributed by atoms with Crippen LogP contribution in [0.3, 0.4) is 0 Å². The molecule has 0 aromatic carbocycles. The van der Waals surface area contributed by atoms with Gasteiger partial charge in [0.15, 0.2) is 12.2 Å². The number of esters is 4. The Morgan fingerprint density at radius 1 is 0.311 bits per heavy atom. The molecule has 0 saturated heterocycles. The highest BCUT2D eigenvalue weighted by Gasteiger charge is 2.30. The maximum atomic E-state index is 13.0. The molecular weight excluding hydrogens is 1190 g/mol. The van der Waals surface area contributed by atoms with Gasteiger partial charge in [0.2, 0.25) is 0 Å². The summed E-state index contributed by atoms with van der Waals surface area (Å²) >= 11 is 0. The van der Waals surface area contributed by atoms with E-state index in [0.717, 1.165) is 114 Å². The van der Waals surface area contributed by atoms with E-state index >= 15 is 0 Å². The van der Waals surface area contributed by atoms with Gasteiger partial charge in [-0.15, -0.1) is 0 Å². The molecule has 4 unspecified atom stereocenters. The Hall–Kier alpha value is -1.94. The number of aliphatic hydroxyl groups excluding tert-OH is 1. The number of carbonyl (C=O) groups excluding carboxylic acids is 4. The summed E-state index contributed by atoms with van der Waals surface area (Å²) in [6.07, 6.45) is 43.0. The number of hydrogen-bond donors (Lipinski definition) is 3. The van der Waals surface area contributed by atoms with Crippen LogP contribution in [0.1, 0.15) is 351 Å². The van der Waals surface area contributed by atoms with E-state index in [1.54, 1.807) is 0 Å². The molecule has 0 fully saturated rings. The minimum atomic E-state index is -4.95. The van der Waals surface area contributed by atoms with E-state index in [1.807, 2.05) is 0 Å². The van der Waals surface area contributed by atoms with E-state index in [4.69, 9.17) is 37.0 Å². The number of unbranched alkanes of at least 4 members (excludes halogenated alkanes) is 33. The summed E-state index contributed by atoms with van der Waals surface area (Å²) in [6, 6.07) is 0. The van der Waals surface area contributed by atoms with Crippen LogP contribution in [0.5, 0.6) is 0 Å². The molecule has 0 saturated carbocycles. The number of phosphoric acid groups is 2. The summed E-state index contributed by atoms with van der Waals surface area (Å²) in [4.78, 5) is 72.6. The molecule has 17 nitrogen and oxygen atoms in total. The topological polar surface area (TPSA) is 237 Å². The molecule has 0 aromatic heterocycles. The number of carbonyl (C=O) groups is 4. The largest absolute Gasteiger partial charge is 0.472 e. The molecule has 0 bridgehead atoms. The van der Waals surface area contributed by atoms with Gasteiger partial charge in [-0.3, -0.25) is 37.3 Å². The van der Waals surface area contributed by atoms with Gasteiger partial charge in [-0.2, -0.15) is 0 Å². The molecule has 0 aliphatic carbocycles. The second-order valence-electron chi connectivity index (χ2n) is 27.3. The molecule has 0 aliphatic rings. The predicted molar refractivity (Wildman–Crippen MR) is 363 cm³/mol. The van der Waals surface area contributed by atoms with Crippen molar-refractivity contribution in [3.05, 3.63) is 0 Å². The zero-order valence-corrected chi connectivity index (χ0v) is 60.6. The van der Waals surface area contributed by atoms with Crippen LogP contribution >= 0.6 is 15.6 Å². The van der Waals surface area contributed by atoms with Gasteiger partial charge >= 0.3 is 39.5 Å². The van der Waals surface area contributed by atoms with Gasteiger partial charge in [0.25, 0.3) is 0 Å². The van der Waals surface area contributed by atoms with Crippen LogP contribution in [0, 0.1) is 23.7 Å². The van der Waals surface area contributed by atoms with Crippen LogP contribution in [0.4, 0.5) is 0 Å². The van der Waals surface area contributed by atoms with Crippen molar-refractivity contribution in [1.82, 2.24) is 0 Å². The maximum absolute atomic E-state index is 13.0. The lowest BCUT2D eigenvalue weighted by molar-refractivity contribution is -0.161. The Kier molecular flexibility index (Phi) is 59.4. The summed E-state index contributed by atoms with van der Waals surface area (Å²) in [5.41, 5.74) is 0. The fraction of sp³-hybridized carbons (Fsp3) is 0.944. The van der Waals surface area contributed by atoms with Gasteiger partial charge in [0.1, 0.15) is 19.3 Å². The summed E-state index contributed by atoms with van der Waals surface area (Å²) in [7, 11) is -9.90. The van der Waals surface area contributed by atoms with Crippen molar-refractivity contribution in [2.75, 3.05) is 39.6 Å². The number of aliphatic hydroxyl groups is 1. The van der Waals surface area contributed by atoms with Gasteiger partial charge in [0, 0.05) is 25.7 Å². The minimum absolute atomic E-state index is 0.103. The van der Waals surface area contributed by atoms with Crippen molar-refractivity contribution in [3.8, 4) is 0 Å². The Bertz CT molecular complexity index is 1780. The lowest BCUT2D eigenvalue weighted by atomic mass is 9.99. The molecule has 0 aliphatic heterocycles. The first-order valence-electron chi connectivity index (χ1n) is 36.7. The molecule has 90 heavy (non-hydrogen) atoms. The third-order valence-electron chi connectivity index (χ3n) is 16.7.